The van der Waals surface area contributed by atoms with Crippen LogP contribution in [0.5, 0.6) is 0 Å². The molecule has 6 heteroatoms. The number of rotatable bonds is 10. The molecule has 2 aliphatic carbocycles. The van der Waals surface area contributed by atoms with Gasteiger partial charge < -0.3 is 21.5 Å². The van der Waals surface area contributed by atoms with E-state index in [0.29, 0.717) is 18.7 Å². The van der Waals surface area contributed by atoms with E-state index in [4.69, 9.17) is 28.9 Å². The predicted molar refractivity (Wildman–Crippen MR) is 159 cm³/mol. The van der Waals surface area contributed by atoms with Gasteiger partial charge in [0.15, 0.2) is 0 Å². The number of aliphatic hydroxyl groups is 1. The van der Waals surface area contributed by atoms with E-state index in [-0.39, 0.29) is 11.5 Å². The number of allylic oxidation sites excluding steroid dienone is 5. The van der Waals surface area contributed by atoms with E-state index >= 15 is 0 Å². The number of halogens is 2. The lowest BCUT2D eigenvalue weighted by Crippen LogP contribution is -2.26. The Labute approximate surface area is 231 Å². The second kappa shape index (κ2) is 12.0. The summed E-state index contributed by atoms with van der Waals surface area (Å²) in [5.41, 5.74) is 15.2. The highest BCUT2D eigenvalue weighted by Crippen LogP contribution is 2.39. The molecule has 5 N–H and O–H groups in total. The van der Waals surface area contributed by atoms with Crippen LogP contribution in [0.3, 0.4) is 0 Å². The molecule has 0 bridgehead atoms. The molecule has 1 saturated carbocycles. The maximum absolute atomic E-state index is 9.65. The summed E-state index contributed by atoms with van der Waals surface area (Å²) in [6, 6.07) is 14.7. The number of nitrogens with two attached hydrogens (primary N) is 1. The number of benzene rings is 2. The average Bonchev–Trinajstić information content (AvgIpc) is 2.80. The lowest BCUT2D eigenvalue weighted by molar-refractivity contribution is 0.195. The van der Waals surface area contributed by atoms with E-state index in [0.717, 1.165) is 64.7 Å². The van der Waals surface area contributed by atoms with Crippen LogP contribution in [0.1, 0.15) is 64.0 Å². The van der Waals surface area contributed by atoms with Gasteiger partial charge in [0, 0.05) is 39.8 Å². The van der Waals surface area contributed by atoms with Gasteiger partial charge in [-0.3, -0.25) is 0 Å². The van der Waals surface area contributed by atoms with Gasteiger partial charge in [0.1, 0.15) is 0 Å². The van der Waals surface area contributed by atoms with Crippen molar-refractivity contribution < 1.29 is 5.11 Å². The van der Waals surface area contributed by atoms with Crippen molar-refractivity contribution in [2.24, 2.45) is 5.41 Å². The second-order valence-electron chi connectivity index (χ2n) is 11.1. The second-order valence-corrected chi connectivity index (χ2v) is 12.0. The van der Waals surface area contributed by atoms with Crippen molar-refractivity contribution in [3.05, 3.63) is 86.6 Å². The molecule has 0 aliphatic heterocycles. The topological polar surface area (TPSA) is 70.3 Å². The van der Waals surface area contributed by atoms with Crippen LogP contribution >= 0.6 is 23.2 Å². The third-order valence-electron chi connectivity index (χ3n) is 7.29. The first-order valence-electron chi connectivity index (χ1n) is 13.2. The van der Waals surface area contributed by atoms with Crippen molar-refractivity contribution in [1.29, 1.82) is 0 Å². The van der Waals surface area contributed by atoms with Crippen molar-refractivity contribution in [3.63, 3.8) is 0 Å². The summed E-state index contributed by atoms with van der Waals surface area (Å²) in [5.74, 6) is 0. The number of anilines is 3. The minimum absolute atomic E-state index is 0.187. The minimum atomic E-state index is -0.327. The molecule has 4 rings (SSSR count). The number of hydrogen-bond acceptors (Lipinski definition) is 4. The van der Waals surface area contributed by atoms with Crippen LogP contribution in [0.4, 0.5) is 17.1 Å². The molecular formula is C31H39Cl2N3O. The average molecular weight is 541 g/mol. The molecular weight excluding hydrogens is 501 g/mol. The molecule has 1 unspecified atom stereocenters. The van der Waals surface area contributed by atoms with Crippen LogP contribution in [0.15, 0.2) is 75.4 Å². The number of nitrogens with one attached hydrogen (secondary N) is 2. The van der Waals surface area contributed by atoms with Gasteiger partial charge in [0.2, 0.25) is 0 Å². The van der Waals surface area contributed by atoms with Crippen LogP contribution in [-0.4, -0.2) is 17.8 Å². The summed E-state index contributed by atoms with van der Waals surface area (Å²) in [4.78, 5) is 0. The molecule has 0 amide bonds. The molecule has 0 heterocycles. The largest absolute Gasteiger partial charge is 0.397 e. The van der Waals surface area contributed by atoms with Gasteiger partial charge in [-0.25, -0.2) is 0 Å². The molecule has 37 heavy (non-hydrogen) atoms. The summed E-state index contributed by atoms with van der Waals surface area (Å²) in [7, 11) is 0. The molecule has 2 aliphatic rings. The first-order chi connectivity index (χ1) is 17.6. The molecule has 0 saturated heterocycles. The van der Waals surface area contributed by atoms with E-state index in [1.54, 1.807) is 0 Å². The molecule has 4 nitrogen and oxygen atoms in total. The Bertz CT molecular complexity index is 1200. The van der Waals surface area contributed by atoms with Crippen molar-refractivity contribution in [2.45, 2.75) is 71.8 Å². The SMILES string of the molecule is CC(O)Cc1ccc(CC(Nc2ccc(NCC(C)(C)C3=C(Cl)CCC(Cl)=C3)c(N)c2)=C2CCC2)cc1. The van der Waals surface area contributed by atoms with Gasteiger partial charge in [-0.05, 0) is 86.4 Å². The van der Waals surface area contributed by atoms with Crippen LogP contribution in [0, 0.1) is 5.41 Å². The van der Waals surface area contributed by atoms with E-state index in [1.807, 2.05) is 25.1 Å². The van der Waals surface area contributed by atoms with Crippen molar-refractivity contribution in [2.75, 3.05) is 22.9 Å². The highest BCUT2D eigenvalue weighted by Gasteiger charge is 2.27. The monoisotopic (exact) mass is 539 g/mol. The Morgan fingerprint density at radius 1 is 1.03 bits per heavy atom. The maximum Gasteiger partial charge on any atom is 0.0575 e. The molecule has 2 aromatic rings. The Morgan fingerprint density at radius 3 is 2.35 bits per heavy atom. The quantitative estimate of drug-likeness (QED) is 0.230. The standard InChI is InChI=1S/C31H39Cl2N3O/c1-20(37)15-21-7-9-22(10-8-21)16-30(23-5-4-6-23)36-25-12-14-29(28(34)18-25)35-19-31(2,3)26-17-24(32)11-13-27(26)33/h7-10,12,14,17-18,20,35-37H,4-6,11,13,15-16,19,34H2,1-3H3. The zero-order chi connectivity index (χ0) is 26.6. The van der Waals surface area contributed by atoms with Crippen LogP contribution in [-0.2, 0) is 12.8 Å². The Balaban J connectivity index is 1.42. The summed E-state index contributed by atoms with van der Waals surface area (Å²) in [6.07, 6.45) is 8.35. The summed E-state index contributed by atoms with van der Waals surface area (Å²) in [5, 5.41) is 18.6. The Hall–Kier alpha value is -2.40. The Morgan fingerprint density at radius 2 is 1.73 bits per heavy atom. The Kier molecular flexibility index (Phi) is 8.94. The van der Waals surface area contributed by atoms with Gasteiger partial charge in [-0.15, -0.1) is 0 Å². The molecule has 198 valence electrons. The maximum atomic E-state index is 9.65. The first-order valence-corrected chi connectivity index (χ1v) is 14.0. The van der Waals surface area contributed by atoms with E-state index in [1.165, 1.54) is 23.3 Å². The van der Waals surface area contributed by atoms with Crippen molar-refractivity contribution in [3.8, 4) is 0 Å². The van der Waals surface area contributed by atoms with Gasteiger partial charge in [-0.1, -0.05) is 66.9 Å². The van der Waals surface area contributed by atoms with E-state index in [9.17, 15) is 5.11 Å². The molecule has 2 aromatic carbocycles. The molecule has 0 aromatic heterocycles. The fourth-order valence-corrected chi connectivity index (χ4v) is 5.48. The van der Waals surface area contributed by atoms with Gasteiger partial charge in [0.05, 0.1) is 17.5 Å². The van der Waals surface area contributed by atoms with Crippen LogP contribution in [0.2, 0.25) is 0 Å². The van der Waals surface area contributed by atoms with E-state index < -0.39 is 0 Å². The van der Waals surface area contributed by atoms with Crippen molar-refractivity contribution in [1.82, 2.24) is 0 Å². The fraction of sp³-hybridized carbons (Fsp3) is 0.419. The van der Waals surface area contributed by atoms with Crippen LogP contribution < -0.4 is 16.4 Å². The zero-order valence-corrected chi connectivity index (χ0v) is 23.6. The highest BCUT2D eigenvalue weighted by atomic mass is 35.5. The normalized spacial score (nSPS) is 16.7. The van der Waals surface area contributed by atoms with E-state index in [2.05, 4.69) is 54.8 Å². The lowest BCUT2D eigenvalue weighted by atomic mass is 9.81. The zero-order valence-electron chi connectivity index (χ0n) is 22.1. The highest BCUT2D eigenvalue weighted by molar-refractivity contribution is 6.32. The molecule has 0 radical (unpaired) electrons. The predicted octanol–water partition coefficient (Wildman–Crippen LogP) is 8.13. The summed E-state index contributed by atoms with van der Waals surface area (Å²) < 4.78 is 0. The number of nitrogen functional groups attached to an aromatic ring is 1. The van der Waals surface area contributed by atoms with Gasteiger partial charge >= 0.3 is 0 Å². The molecule has 1 atom stereocenters. The fourth-order valence-electron chi connectivity index (χ4n) is 4.87. The lowest BCUT2D eigenvalue weighted by Gasteiger charge is -2.31. The summed E-state index contributed by atoms with van der Waals surface area (Å²) in [6.45, 7) is 6.85. The number of aliphatic hydroxyl groups excluding tert-OH is 1. The summed E-state index contributed by atoms with van der Waals surface area (Å²) >= 11 is 12.8. The number of hydrogen-bond donors (Lipinski definition) is 4. The first kappa shape index (κ1) is 27.6. The van der Waals surface area contributed by atoms with Gasteiger partial charge in [-0.2, -0.15) is 0 Å². The third-order valence-corrected chi connectivity index (χ3v) is 7.98. The van der Waals surface area contributed by atoms with Gasteiger partial charge in [0.25, 0.3) is 0 Å². The third kappa shape index (κ3) is 7.34. The van der Waals surface area contributed by atoms with Crippen molar-refractivity contribution >= 4 is 40.3 Å². The van der Waals surface area contributed by atoms with Crippen LogP contribution in [0.25, 0.3) is 0 Å². The smallest absolute Gasteiger partial charge is 0.0575 e. The molecule has 1 fully saturated rings. The molecule has 0 spiro atoms. The minimum Gasteiger partial charge on any atom is -0.397 e.